The van der Waals surface area contributed by atoms with Crippen molar-refractivity contribution < 1.29 is 0 Å². The maximum atomic E-state index is 4.43. The third-order valence-corrected chi connectivity index (χ3v) is 4.47. The number of aromatic nitrogens is 2. The van der Waals surface area contributed by atoms with E-state index in [-0.39, 0.29) is 5.54 Å². The topological polar surface area (TPSA) is 37.8 Å². The lowest BCUT2D eigenvalue weighted by Gasteiger charge is -2.20. The predicted octanol–water partition coefficient (Wildman–Crippen LogP) is 4.54. The van der Waals surface area contributed by atoms with Gasteiger partial charge in [-0.05, 0) is 46.6 Å². The normalized spacial score (nSPS) is 12.3. The third-order valence-electron chi connectivity index (χ3n) is 3.33. The van der Waals surface area contributed by atoms with Crippen molar-refractivity contribution in [2.75, 3.05) is 6.54 Å². The molecule has 0 atom stereocenters. The van der Waals surface area contributed by atoms with Crippen LogP contribution in [0.25, 0.3) is 0 Å². The van der Waals surface area contributed by atoms with Crippen molar-refractivity contribution in [3.8, 4) is 0 Å². The largest absolute Gasteiger partial charge is 0.312 e. The van der Waals surface area contributed by atoms with E-state index < -0.39 is 0 Å². The molecule has 4 heteroatoms. The first kappa shape index (κ1) is 17.6. The van der Waals surface area contributed by atoms with Crippen molar-refractivity contribution in [3.05, 3.63) is 10.0 Å². The fraction of sp³-hybridized carbons (Fsp3) is 0.875. The van der Waals surface area contributed by atoms with Gasteiger partial charge in [0.15, 0.2) is 0 Å². The monoisotopic (exact) mass is 297 g/mol. The second-order valence-corrected chi connectivity index (χ2v) is 7.68. The maximum Gasteiger partial charge on any atom is 0.120 e. The van der Waals surface area contributed by atoms with Crippen LogP contribution in [0.5, 0.6) is 0 Å². The van der Waals surface area contributed by atoms with Gasteiger partial charge in [-0.3, -0.25) is 0 Å². The summed E-state index contributed by atoms with van der Waals surface area (Å²) in [5.74, 6) is 0.629. The highest BCUT2D eigenvalue weighted by molar-refractivity contribution is 7.11. The van der Waals surface area contributed by atoms with Gasteiger partial charge >= 0.3 is 0 Å². The highest BCUT2D eigenvalue weighted by Gasteiger charge is 2.15. The molecule has 0 aliphatic rings. The average molecular weight is 298 g/mol. The molecular weight excluding hydrogens is 266 g/mol. The molecule has 0 saturated carbocycles. The molecule has 116 valence electrons. The number of rotatable bonds is 9. The van der Waals surface area contributed by atoms with Gasteiger partial charge in [-0.25, -0.2) is 0 Å². The van der Waals surface area contributed by atoms with Gasteiger partial charge in [-0.2, -0.15) is 0 Å². The molecule has 3 nitrogen and oxygen atoms in total. The van der Waals surface area contributed by atoms with E-state index in [0.29, 0.717) is 5.92 Å². The van der Waals surface area contributed by atoms with Gasteiger partial charge in [-0.1, -0.05) is 26.7 Å². The minimum atomic E-state index is 0.208. The molecule has 0 fully saturated rings. The molecule has 1 N–H and O–H groups in total. The van der Waals surface area contributed by atoms with Crippen LogP contribution < -0.4 is 5.32 Å². The van der Waals surface area contributed by atoms with E-state index in [0.717, 1.165) is 19.4 Å². The van der Waals surface area contributed by atoms with Gasteiger partial charge in [0.05, 0.1) is 0 Å². The van der Waals surface area contributed by atoms with E-state index in [4.69, 9.17) is 0 Å². The minimum Gasteiger partial charge on any atom is -0.312 e. The Morgan fingerprint density at radius 2 is 1.75 bits per heavy atom. The van der Waals surface area contributed by atoms with Crippen LogP contribution in [0.2, 0.25) is 0 Å². The summed E-state index contributed by atoms with van der Waals surface area (Å²) < 4.78 is 0. The zero-order valence-corrected chi connectivity index (χ0v) is 14.6. The van der Waals surface area contributed by atoms with Crippen LogP contribution in [0.4, 0.5) is 0 Å². The first-order valence-corrected chi connectivity index (χ1v) is 8.85. The Bertz CT molecular complexity index is 362. The van der Waals surface area contributed by atoms with Gasteiger partial charge in [0.1, 0.15) is 10.0 Å². The van der Waals surface area contributed by atoms with Crippen LogP contribution in [0.1, 0.15) is 82.7 Å². The van der Waals surface area contributed by atoms with E-state index >= 15 is 0 Å². The van der Waals surface area contributed by atoms with Crippen LogP contribution in [0.3, 0.4) is 0 Å². The lowest BCUT2D eigenvalue weighted by atomic mass is 9.99. The molecule has 0 spiro atoms. The van der Waals surface area contributed by atoms with Crippen LogP contribution >= 0.6 is 11.3 Å². The summed E-state index contributed by atoms with van der Waals surface area (Å²) in [6, 6.07) is 0. The van der Waals surface area contributed by atoms with Crippen molar-refractivity contribution >= 4 is 11.3 Å². The number of hydrogen-bond donors (Lipinski definition) is 1. The highest BCUT2D eigenvalue weighted by Crippen LogP contribution is 2.29. The highest BCUT2D eigenvalue weighted by atomic mass is 32.1. The molecule has 1 aromatic rings. The van der Waals surface area contributed by atoms with Crippen molar-refractivity contribution in [2.24, 2.45) is 0 Å². The molecule has 0 aliphatic carbocycles. The third kappa shape index (κ3) is 6.80. The molecule has 20 heavy (non-hydrogen) atoms. The smallest absolute Gasteiger partial charge is 0.120 e. The Labute approximate surface area is 128 Å². The van der Waals surface area contributed by atoms with Gasteiger partial charge in [0, 0.05) is 17.9 Å². The van der Waals surface area contributed by atoms with Crippen molar-refractivity contribution in [2.45, 2.75) is 84.6 Å². The Hall–Kier alpha value is -0.480. The minimum absolute atomic E-state index is 0.208. The van der Waals surface area contributed by atoms with E-state index in [2.05, 4.69) is 50.1 Å². The molecular formula is C16H31N3S. The summed E-state index contributed by atoms with van der Waals surface area (Å²) in [6.45, 7) is 12.2. The summed E-state index contributed by atoms with van der Waals surface area (Å²) in [7, 11) is 0. The molecule has 0 bridgehead atoms. The molecule has 0 amide bonds. The first-order valence-electron chi connectivity index (χ1n) is 8.03. The van der Waals surface area contributed by atoms with Gasteiger partial charge < -0.3 is 5.32 Å². The van der Waals surface area contributed by atoms with Crippen molar-refractivity contribution in [1.29, 1.82) is 0 Å². The zero-order chi connectivity index (χ0) is 15.0. The second-order valence-electron chi connectivity index (χ2n) is 6.59. The number of nitrogens with zero attached hydrogens (tertiary/aromatic N) is 2. The van der Waals surface area contributed by atoms with E-state index in [9.17, 15) is 0 Å². The van der Waals surface area contributed by atoms with Crippen molar-refractivity contribution in [1.82, 2.24) is 15.5 Å². The number of hydrogen-bond acceptors (Lipinski definition) is 4. The van der Waals surface area contributed by atoms with Crippen LogP contribution in [0.15, 0.2) is 0 Å². The lowest BCUT2D eigenvalue weighted by Crippen LogP contribution is -2.36. The summed E-state index contributed by atoms with van der Waals surface area (Å²) in [6.07, 6.45) is 7.14. The summed E-state index contributed by atoms with van der Waals surface area (Å²) in [4.78, 5) is 0. The Morgan fingerprint density at radius 3 is 2.30 bits per heavy atom. The summed E-state index contributed by atoms with van der Waals surface area (Å²) in [5, 5.41) is 14.8. The summed E-state index contributed by atoms with van der Waals surface area (Å²) in [5.41, 5.74) is 0.208. The van der Waals surface area contributed by atoms with Crippen molar-refractivity contribution in [3.63, 3.8) is 0 Å². The molecule has 0 aliphatic heterocycles. The first-order chi connectivity index (χ1) is 9.46. The van der Waals surface area contributed by atoms with Crippen LogP contribution in [-0.2, 0) is 6.42 Å². The summed E-state index contributed by atoms with van der Waals surface area (Å²) >= 11 is 1.83. The van der Waals surface area contributed by atoms with E-state index in [1.807, 2.05) is 11.3 Å². The quantitative estimate of drug-likeness (QED) is 0.680. The van der Waals surface area contributed by atoms with Crippen LogP contribution in [0, 0.1) is 0 Å². The number of nitrogens with one attached hydrogen (secondary N) is 1. The standard InChI is InChI=1S/C16H31N3S/c1-6-9-13(10-7-2)15-19-18-14(20-15)11-8-12-17-16(3,4)5/h13,17H,6-12H2,1-5H3. The molecule has 0 radical (unpaired) electrons. The van der Waals surface area contributed by atoms with Gasteiger partial charge in [0.2, 0.25) is 0 Å². The SMILES string of the molecule is CCCC(CCC)c1nnc(CCCNC(C)(C)C)s1. The Balaban J connectivity index is 2.41. The molecule has 0 saturated heterocycles. The molecule has 0 unspecified atom stereocenters. The lowest BCUT2D eigenvalue weighted by molar-refractivity contribution is 0.422. The predicted molar refractivity (Wildman–Crippen MR) is 88.5 cm³/mol. The molecule has 1 aromatic heterocycles. The molecule has 0 aromatic carbocycles. The Morgan fingerprint density at radius 1 is 1.10 bits per heavy atom. The fourth-order valence-electron chi connectivity index (χ4n) is 2.32. The molecule has 1 heterocycles. The average Bonchev–Trinajstić information content (AvgIpc) is 2.82. The maximum absolute atomic E-state index is 4.43. The Kier molecular flexibility index (Phi) is 7.67. The van der Waals surface area contributed by atoms with Crippen LogP contribution in [-0.4, -0.2) is 22.3 Å². The second kappa shape index (κ2) is 8.73. The zero-order valence-electron chi connectivity index (χ0n) is 13.8. The van der Waals surface area contributed by atoms with E-state index in [1.54, 1.807) is 0 Å². The van der Waals surface area contributed by atoms with E-state index in [1.165, 1.54) is 35.7 Å². The van der Waals surface area contributed by atoms with Gasteiger partial charge in [0.25, 0.3) is 0 Å². The molecule has 1 rings (SSSR count). The van der Waals surface area contributed by atoms with Gasteiger partial charge in [-0.15, -0.1) is 21.5 Å². The number of aryl methyl sites for hydroxylation is 1. The fourth-order valence-corrected chi connectivity index (χ4v) is 3.38.